The molecule has 0 saturated carbocycles. The minimum Gasteiger partial charge on any atom is -0.289 e. The lowest BCUT2D eigenvalue weighted by atomic mass is 9.96. The van der Waals surface area contributed by atoms with Crippen LogP contribution in [0.3, 0.4) is 0 Å². The molecule has 0 unspecified atom stereocenters. The van der Waals surface area contributed by atoms with E-state index in [4.69, 9.17) is 0 Å². The quantitative estimate of drug-likeness (QED) is 0.285. The molecule has 136 valence electrons. The smallest absolute Gasteiger partial charge is 0.188 e. The molecule has 0 bridgehead atoms. The Morgan fingerprint density at radius 2 is 1.68 bits per heavy atom. The predicted molar refractivity (Wildman–Crippen MR) is 120 cm³/mol. The monoisotopic (exact) mass is 381 g/mol. The minimum absolute atomic E-state index is 0.0307. The number of hydrogen-bond acceptors (Lipinski definition) is 3. The Bertz CT molecular complexity index is 1170. The van der Waals surface area contributed by atoms with Gasteiger partial charge in [0.2, 0.25) is 0 Å². The summed E-state index contributed by atoms with van der Waals surface area (Å²) in [4.78, 5) is 18.8. The van der Waals surface area contributed by atoms with Crippen molar-refractivity contribution in [3.63, 3.8) is 0 Å². The van der Waals surface area contributed by atoms with Crippen molar-refractivity contribution in [3.8, 4) is 0 Å². The highest BCUT2D eigenvalue weighted by molar-refractivity contribution is 7.10. The molecule has 0 aliphatic carbocycles. The van der Waals surface area contributed by atoms with Crippen molar-refractivity contribution in [3.05, 3.63) is 105 Å². The van der Waals surface area contributed by atoms with Crippen molar-refractivity contribution in [2.24, 2.45) is 0 Å². The van der Waals surface area contributed by atoms with E-state index in [9.17, 15) is 4.79 Å². The van der Waals surface area contributed by atoms with E-state index < -0.39 is 0 Å². The number of ketones is 1. The third kappa shape index (κ3) is 3.85. The number of hydrogen-bond donors (Lipinski definition) is 0. The molecule has 4 rings (SSSR count). The van der Waals surface area contributed by atoms with Gasteiger partial charge in [-0.25, -0.2) is 0 Å². The van der Waals surface area contributed by atoms with Gasteiger partial charge in [-0.2, -0.15) is 0 Å². The highest BCUT2D eigenvalue weighted by atomic mass is 32.1. The van der Waals surface area contributed by atoms with Crippen LogP contribution >= 0.6 is 11.3 Å². The first-order valence-electron chi connectivity index (χ1n) is 9.11. The molecule has 0 aliphatic rings. The Morgan fingerprint density at radius 3 is 2.46 bits per heavy atom. The maximum absolute atomic E-state index is 13.1. The average Bonchev–Trinajstić information content (AvgIpc) is 3.24. The van der Waals surface area contributed by atoms with Crippen LogP contribution in [-0.4, -0.2) is 10.8 Å². The Balaban J connectivity index is 1.83. The van der Waals surface area contributed by atoms with E-state index in [1.54, 1.807) is 17.4 Å². The maximum atomic E-state index is 13.1. The lowest BCUT2D eigenvalue weighted by Crippen LogP contribution is -2.04. The standard InChI is InChI=1S/C25H19NOS/c1-18-25(24(27)16-14-20-10-7-17-28-20)22(15-13-19-8-3-2-4-9-19)21-11-5-6-12-23(21)26-18/h2-17H,1H3/b15-13+,16-14+. The predicted octanol–water partition coefficient (Wildman–Crippen LogP) is 6.67. The molecule has 2 aromatic carbocycles. The van der Waals surface area contributed by atoms with Gasteiger partial charge in [0.1, 0.15) is 0 Å². The number of aryl methyl sites for hydroxylation is 1. The fourth-order valence-corrected chi connectivity index (χ4v) is 3.84. The molecule has 0 radical (unpaired) electrons. The Hall–Kier alpha value is -3.30. The molecule has 0 aliphatic heterocycles. The molecule has 0 spiro atoms. The van der Waals surface area contributed by atoms with E-state index >= 15 is 0 Å². The van der Waals surface area contributed by atoms with E-state index in [0.29, 0.717) is 5.56 Å². The van der Waals surface area contributed by atoms with Crippen LogP contribution < -0.4 is 0 Å². The van der Waals surface area contributed by atoms with Gasteiger partial charge in [0.15, 0.2) is 5.78 Å². The summed E-state index contributed by atoms with van der Waals surface area (Å²) in [6.07, 6.45) is 7.58. The number of nitrogens with zero attached hydrogens (tertiary/aromatic N) is 1. The zero-order chi connectivity index (χ0) is 19.3. The second kappa shape index (κ2) is 8.15. The van der Waals surface area contributed by atoms with Crippen LogP contribution in [-0.2, 0) is 0 Å². The normalized spacial score (nSPS) is 11.6. The summed E-state index contributed by atoms with van der Waals surface area (Å²) in [5.74, 6) is -0.0307. The lowest BCUT2D eigenvalue weighted by molar-refractivity contribution is 0.104. The number of allylic oxidation sites excluding steroid dienone is 1. The zero-order valence-electron chi connectivity index (χ0n) is 15.5. The Kier molecular flexibility index (Phi) is 5.27. The average molecular weight is 382 g/mol. The zero-order valence-corrected chi connectivity index (χ0v) is 16.3. The van der Waals surface area contributed by atoms with Gasteiger partial charge in [0.25, 0.3) is 0 Å². The molecular formula is C25H19NOS. The fourth-order valence-electron chi connectivity index (χ4n) is 3.22. The van der Waals surface area contributed by atoms with Crippen molar-refractivity contribution < 1.29 is 4.79 Å². The van der Waals surface area contributed by atoms with Gasteiger partial charge < -0.3 is 0 Å². The Morgan fingerprint density at radius 1 is 0.893 bits per heavy atom. The van der Waals surface area contributed by atoms with Crippen molar-refractivity contribution >= 4 is 46.3 Å². The summed E-state index contributed by atoms with van der Waals surface area (Å²) in [5, 5.41) is 2.98. The summed E-state index contributed by atoms with van der Waals surface area (Å²) in [7, 11) is 0. The molecule has 4 aromatic rings. The SMILES string of the molecule is Cc1nc2ccccc2c(/C=C/c2ccccc2)c1C(=O)/C=C/c1cccs1. The van der Waals surface area contributed by atoms with Crippen LogP contribution in [0.15, 0.2) is 78.2 Å². The van der Waals surface area contributed by atoms with E-state index in [1.165, 1.54) is 0 Å². The highest BCUT2D eigenvalue weighted by Gasteiger charge is 2.15. The number of benzene rings is 2. The number of aromatic nitrogens is 1. The largest absolute Gasteiger partial charge is 0.289 e. The highest BCUT2D eigenvalue weighted by Crippen LogP contribution is 2.26. The molecule has 0 amide bonds. The second-order valence-corrected chi connectivity index (χ2v) is 7.44. The summed E-state index contributed by atoms with van der Waals surface area (Å²) in [6.45, 7) is 1.90. The number of para-hydroxylation sites is 1. The molecule has 2 aromatic heterocycles. The third-order valence-corrected chi connectivity index (χ3v) is 5.38. The van der Waals surface area contributed by atoms with Gasteiger partial charge in [0, 0.05) is 16.0 Å². The second-order valence-electron chi connectivity index (χ2n) is 6.46. The first-order valence-corrected chi connectivity index (χ1v) is 9.99. The van der Waals surface area contributed by atoms with Crippen LogP contribution in [0.2, 0.25) is 0 Å². The Labute approximate surface area is 168 Å². The minimum atomic E-state index is -0.0307. The summed E-state index contributed by atoms with van der Waals surface area (Å²) in [6, 6.07) is 22.0. The molecule has 0 N–H and O–H groups in total. The van der Waals surface area contributed by atoms with Crippen molar-refractivity contribution in [2.75, 3.05) is 0 Å². The number of carbonyl (C=O) groups excluding carboxylic acids is 1. The van der Waals surface area contributed by atoms with Crippen LogP contribution in [0.1, 0.15) is 32.1 Å². The fraction of sp³-hybridized carbons (Fsp3) is 0.0400. The van der Waals surface area contributed by atoms with Crippen molar-refractivity contribution in [1.29, 1.82) is 0 Å². The van der Waals surface area contributed by atoms with Gasteiger partial charge >= 0.3 is 0 Å². The maximum Gasteiger partial charge on any atom is 0.188 e. The first-order chi connectivity index (χ1) is 13.7. The third-order valence-electron chi connectivity index (χ3n) is 4.54. The van der Waals surface area contributed by atoms with Crippen LogP contribution in [0.4, 0.5) is 0 Å². The summed E-state index contributed by atoms with van der Waals surface area (Å²) < 4.78 is 0. The molecule has 0 saturated heterocycles. The van der Waals surface area contributed by atoms with Gasteiger partial charge in [-0.15, -0.1) is 11.3 Å². The van der Waals surface area contributed by atoms with Crippen LogP contribution in [0, 0.1) is 6.92 Å². The molecule has 28 heavy (non-hydrogen) atoms. The molecule has 0 fully saturated rings. The van der Waals surface area contributed by atoms with Gasteiger partial charge in [-0.1, -0.05) is 66.7 Å². The number of fused-ring (bicyclic) bond motifs is 1. The summed E-state index contributed by atoms with van der Waals surface area (Å²) >= 11 is 1.61. The van der Waals surface area contributed by atoms with E-state index in [2.05, 4.69) is 4.98 Å². The van der Waals surface area contributed by atoms with Gasteiger partial charge in [-0.3, -0.25) is 9.78 Å². The number of thiophene rings is 1. The number of pyridine rings is 1. The van der Waals surface area contributed by atoms with E-state index in [0.717, 1.165) is 32.6 Å². The number of rotatable bonds is 5. The molecule has 0 atom stereocenters. The van der Waals surface area contributed by atoms with Gasteiger partial charge in [0.05, 0.1) is 11.1 Å². The van der Waals surface area contributed by atoms with Gasteiger partial charge in [-0.05, 0) is 47.7 Å². The summed E-state index contributed by atoms with van der Waals surface area (Å²) in [5.41, 5.74) is 4.29. The van der Waals surface area contributed by atoms with Crippen LogP contribution in [0.25, 0.3) is 29.1 Å². The van der Waals surface area contributed by atoms with E-state index in [-0.39, 0.29) is 5.78 Å². The van der Waals surface area contributed by atoms with E-state index in [1.807, 2.05) is 97.3 Å². The molecular weight excluding hydrogens is 362 g/mol. The van der Waals surface area contributed by atoms with Crippen molar-refractivity contribution in [2.45, 2.75) is 6.92 Å². The molecule has 2 nitrogen and oxygen atoms in total. The first kappa shape index (κ1) is 18.1. The molecule has 2 heterocycles. The molecule has 3 heteroatoms. The lowest BCUT2D eigenvalue weighted by Gasteiger charge is -2.11. The number of carbonyl (C=O) groups is 1. The van der Waals surface area contributed by atoms with Crippen LogP contribution in [0.5, 0.6) is 0 Å². The topological polar surface area (TPSA) is 30.0 Å². The van der Waals surface area contributed by atoms with Crippen molar-refractivity contribution in [1.82, 2.24) is 4.98 Å².